The molecule has 1 aromatic carbocycles. The molecular formula is C14H9BrClFN2. The number of pyridine rings is 1. The van der Waals surface area contributed by atoms with E-state index in [1.54, 1.807) is 13.0 Å². The zero-order valence-corrected chi connectivity index (χ0v) is 12.3. The highest BCUT2D eigenvalue weighted by Gasteiger charge is 2.15. The smallest absolute Gasteiger partial charge is 0.147 e. The first-order chi connectivity index (χ1) is 9.08. The third kappa shape index (κ3) is 2.05. The largest absolute Gasteiger partial charge is 0.299 e. The third-order valence-electron chi connectivity index (χ3n) is 2.99. The minimum Gasteiger partial charge on any atom is -0.299 e. The molecule has 0 aliphatic rings. The van der Waals surface area contributed by atoms with Gasteiger partial charge in [-0.25, -0.2) is 9.37 Å². The summed E-state index contributed by atoms with van der Waals surface area (Å²) < 4.78 is 16.3. The van der Waals surface area contributed by atoms with Crippen molar-refractivity contribution < 1.29 is 4.39 Å². The molecule has 0 bridgehead atoms. The van der Waals surface area contributed by atoms with Gasteiger partial charge in [-0.15, -0.1) is 0 Å². The molecule has 2 aromatic heterocycles. The van der Waals surface area contributed by atoms with E-state index >= 15 is 0 Å². The standard InChI is InChI=1S/C14H9BrClFN2/c1-8-6-10(16)9(7-11(8)17)14-18-13(15)12-4-2-3-5-19(12)14/h2-7H,1H3. The van der Waals surface area contributed by atoms with Crippen molar-refractivity contribution in [3.8, 4) is 11.4 Å². The van der Waals surface area contributed by atoms with E-state index < -0.39 is 0 Å². The van der Waals surface area contributed by atoms with Crippen LogP contribution in [0.5, 0.6) is 0 Å². The number of imidazole rings is 1. The minimum atomic E-state index is -0.289. The fourth-order valence-electron chi connectivity index (χ4n) is 2.01. The van der Waals surface area contributed by atoms with Crippen LogP contribution in [0, 0.1) is 12.7 Å². The molecule has 0 atom stereocenters. The molecule has 0 saturated carbocycles. The normalized spacial score (nSPS) is 11.2. The van der Waals surface area contributed by atoms with E-state index in [1.165, 1.54) is 6.07 Å². The van der Waals surface area contributed by atoms with Gasteiger partial charge in [-0.3, -0.25) is 4.40 Å². The lowest BCUT2D eigenvalue weighted by Crippen LogP contribution is -1.92. The molecule has 0 N–H and O–H groups in total. The number of nitrogens with zero attached hydrogens (tertiary/aromatic N) is 2. The van der Waals surface area contributed by atoms with E-state index in [9.17, 15) is 4.39 Å². The van der Waals surface area contributed by atoms with Gasteiger partial charge in [-0.1, -0.05) is 17.7 Å². The predicted octanol–water partition coefficient (Wildman–Crippen LogP) is 4.86. The Labute approximate surface area is 123 Å². The summed E-state index contributed by atoms with van der Waals surface area (Å²) in [4.78, 5) is 4.42. The van der Waals surface area contributed by atoms with E-state index in [0.717, 1.165) is 5.52 Å². The molecule has 2 heterocycles. The molecule has 3 aromatic rings. The summed E-state index contributed by atoms with van der Waals surface area (Å²) in [6, 6.07) is 8.78. The van der Waals surface area contributed by atoms with Crippen molar-refractivity contribution in [2.24, 2.45) is 0 Å². The van der Waals surface area contributed by atoms with Crippen molar-refractivity contribution in [2.45, 2.75) is 6.92 Å². The lowest BCUT2D eigenvalue weighted by molar-refractivity contribution is 0.619. The fourth-order valence-corrected chi connectivity index (χ4v) is 2.80. The molecule has 0 aliphatic carbocycles. The predicted molar refractivity (Wildman–Crippen MR) is 78.0 cm³/mol. The molecule has 0 radical (unpaired) electrons. The second-order valence-electron chi connectivity index (χ2n) is 4.26. The van der Waals surface area contributed by atoms with E-state index in [2.05, 4.69) is 20.9 Å². The Balaban J connectivity index is 2.34. The van der Waals surface area contributed by atoms with Crippen LogP contribution in [0.25, 0.3) is 16.9 Å². The van der Waals surface area contributed by atoms with Crippen LogP contribution in [0.3, 0.4) is 0 Å². The van der Waals surface area contributed by atoms with Crippen LogP contribution in [0.15, 0.2) is 41.1 Å². The van der Waals surface area contributed by atoms with E-state index in [1.807, 2.05) is 28.8 Å². The molecule has 0 amide bonds. The molecule has 5 heteroatoms. The topological polar surface area (TPSA) is 17.3 Å². The van der Waals surface area contributed by atoms with Crippen LogP contribution in [0.4, 0.5) is 4.39 Å². The highest BCUT2D eigenvalue weighted by atomic mass is 79.9. The fraction of sp³-hybridized carbons (Fsp3) is 0.0714. The van der Waals surface area contributed by atoms with Crippen molar-refractivity contribution >= 4 is 33.0 Å². The maximum Gasteiger partial charge on any atom is 0.147 e. The molecular weight excluding hydrogens is 331 g/mol. The summed E-state index contributed by atoms with van der Waals surface area (Å²) in [5.41, 5.74) is 2.01. The summed E-state index contributed by atoms with van der Waals surface area (Å²) in [7, 11) is 0. The average molecular weight is 340 g/mol. The van der Waals surface area contributed by atoms with Gasteiger partial charge in [0.15, 0.2) is 0 Å². The quantitative estimate of drug-likeness (QED) is 0.618. The monoisotopic (exact) mass is 338 g/mol. The number of benzene rings is 1. The number of fused-ring (bicyclic) bond motifs is 1. The number of rotatable bonds is 1. The first-order valence-electron chi connectivity index (χ1n) is 5.66. The number of hydrogen-bond donors (Lipinski definition) is 0. The Bertz CT molecular complexity index is 782. The number of halogens is 3. The van der Waals surface area contributed by atoms with Gasteiger partial charge in [0, 0.05) is 11.8 Å². The van der Waals surface area contributed by atoms with Crippen molar-refractivity contribution in [3.05, 3.63) is 57.5 Å². The van der Waals surface area contributed by atoms with E-state index in [-0.39, 0.29) is 5.82 Å². The van der Waals surface area contributed by atoms with Crippen LogP contribution in [-0.4, -0.2) is 9.38 Å². The molecule has 3 rings (SSSR count). The summed E-state index contributed by atoms with van der Waals surface area (Å²) in [5, 5.41) is 0.488. The molecule has 0 fully saturated rings. The van der Waals surface area contributed by atoms with Crippen LogP contribution in [-0.2, 0) is 0 Å². The minimum absolute atomic E-state index is 0.289. The van der Waals surface area contributed by atoms with Gasteiger partial charge in [-0.2, -0.15) is 0 Å². The summed E-state index contributed by atoms with van der Waals surface area (Å²) in [6.45, 7) is 1.69. The van der Waals surface area contributed by atoms with Crippen LogP contribution < -0.4 is 0 Å². The number of hydrogen-bond acceptors (Lipinski definition) is 1. The Morgan fingerprint density at radius 1 is 1.32 bits per heavy atom. The van der Waals surface area contributed by atoms with Crippen molar-refractivity contribution in [1.82, 2.24) is 9.38 Å². The maximum absolute atomic E-state index is 13.7. The molecule has 19 heavy (non-hydrogen) atoms. The lowest BCUT2D eigenvalue weighted by atomic mass is 10.1. The Hall–Kier alpha value is -1.39. The van der Waals surface area contributed by atoms with Crippen molar-refractivity contribution in [2.75, 3.05) is 0 Å². The molecule has 0 unspecified atom stereocenters. The first-order valence-corrected chi connectivity index (χ1v) is 6.83. The highest BCUT2D eigenvalue weighted by Crippen LogP contribution is 2.32. The third-order valence-corrected chi connectivity index (χ3v) is 3.89. The number of aryl methyl sites for hydroxylation is 1. The van der Waals surface area contributed by atoms with Crippen LogP contribution in [0.2, 0.25) is 5.02 Å². The van der Waals surface area contributed by atoms with Crippen molar-refractivity contribution in [1.29, 1.82) is 0 Å². The van der Waals surface area contributed by atoms with Gasteiger partial charge in [0.05, 0.1) is 10.5 Å². The van der Waals surface area contributed by atoms with E-state index in [0.29, 0.717) is 26.6 Å². The lowest BCUT2D eigenvalue weighted by Gasteiger charge is -2.06. The first kappa shape index (κ1) is 12.6. The average Bonchev–Trinajstić information content (AvgIpc) is 2.72. The van der Waals surface area contributed by atoms with Crippen LogP contribution >= 0.6 is 27.5 Å². The molecule has 96 valence electrons. The van der Waals surface area contributed by atoms with Gasteiger partial charge >= 0.3 is 0 Å². The molecule has 2 nitrogen and oxygen atoms in total. The molecule has 0 spiro atoms. The maximum atomic E-state index is 13.7. The number of aromatic nitrogens is 2. The molecule has 0 aliphatic heterocycles. The van der Waals surface area contributed by atoms with Crippen LogP contribution in [0.1, 0.15) is 5.56 Å². The zero-order valence-electron chi connectivity index (χ0n) is 9.99. The van der Waals surface area contributed by atoms with Gasteiger partial charge in [0.1, 0.15) is 16.2 Å². The Kier molecular flexibility index (Phi) is 3.07. The van der Waals surface area contributed by atoms with Crippen molar-refractivity contribution in [3.63, 3.8) is 0 Å². The second kappa shape index (κ2) is 4.62. The van der Waals surface area contributed by atoms with Gasteiger partial charge < -0.3 is 0 Å². The molecule has 0 saturated heterocycles. The van der Waals surface area contributed by atoms with E-state index in [4.69, 9.17) is 11.6 Å². The Morgan fingerprint density at radius 2 is 2.11 bits per heavy atom. The SMILES string of the molecule is Cc1cc(Cl)c(-c2nc(Br)c3ccccn23)cc1F. The zero-order chi connectivity index (χ0) is 13.6. The summed E-state index contributed by atoms with van der Waals surface area (Å²) >= 11 is 9.61. The van der Waals surface area contributed by atoms with Gasteiger partial charge in [-0.05, 0) is 52.7 Å². The van der Waals surface area contributed by atoms with Gasteiger partial charge in [0.2, 0.25) is 0 Å². The second-order valence-corrected chi connectivity index (χ2v) is 5.42. The van der Waals surface area contributed by atoms with Gasteiger partial charge in [0.25, 0.3) is 0 Å². The Morgan fingerprint density at radius 3 is 2.89 bits per heavy atom. The highest BCUT2D eigenvalue weighted by molar-refractivity contribution is 9.10. The summed E-state index contributed by atoms with van der Waals surface area (Å²) in [5.74, 6) is 0.328. The summed E-state index contributed by atoms with van der Waals surface area (Å²) in [6.07, 6.45) is 1.87.